The van der Waals surface area contributed by atoms with Crippen LogP contribution in [0, 0.1) is 64.1 Å². The SMILES string of the molecule is CC(C)C12CC(C1)C2.CC(C)C12CC1C2C.CC(C)C1C2CCC1C2. The van der Waals surface area contributed by atoms with Gasteiger partial charge >= 0.3 is 0 Å². The standard InChI is InChI=1S/C9H16.2C8H14/c1-6(2)9-7-3-4-8(9)5-7;1-6(2)8-3-7(4-8)5-8;1-5(2)8-4-7(8)6(8)3/h6-9H,3-5H2,1-2H3;6-7H,3-5H2,1-2H3;5-7H,4H2,1-3H3. The third-order valence-electron chi connectivity index (χ3n) is 10.2. The Labute approximate surface area is 157 Å². The second-order valence-corrected chi connectivity index (χ2v) is 12.0. The van der Waals surface area contributed by atoms with Crippen molar-refractivity contribution in [3.63, 3.8) is 0 Å². The molecule has 8 aliphatic rings. The summed E-state index contributed by atoms with van der Waals surface area (Å²) in [6, 6.07) is 0. The van der Waals surface area contributed by atoms with Crippen LogP contribution in [-0.4, -0.2) is 0 Å². The van der Waals surface area contributed by atoms with E-state index >= 15 is 0 Å². The zero-order valence-electron chi connectivity index (χ0n) is 18.1. The third kappa shape index (κ3) is 2.75. The van der Waals surface area contributed by atoms with Crippen LogP contribution < -0.4 is 0 Å². The maximum Gasteiger partial charge on any atom is -0.0212 e. The zero-order chi connectivity index (χ0) is 18.1. The first-order valence-electron chi connectivity index (χ1n) is 11.7. The van der Waals surface area contributed by atoms with Crippen LogP contribution in [0.3, 0.4) is 0 Å². The summed E-state index contributed by atoms with van der Waals surface area (Å²) in [5.41, 5.74) is 1.74. The van der Waals surface area contributed by atoms with Crippen LogP contribution in [0.2, 0.25) is 0 Å². The van der Waals surface area contributed by atoms with Gasteiger partial charge in [0.15, 0.2) is 0 Å². The fraction of sp³-hybridized carbons (Fsp3) is 1.00. The predicted molar refractivity (Wildman–Crippen MR) is 108 cm³/mol. The molecular formula is C25H44. The van der Waals surface area contributed by atoms with E-state index in [1.807, 2.05) is 0 Å². The fourth-order valence-electron chi connectivity index (χ4n) is 7.75. The molecule has 0 aromatic rings. The molecule has 8 saturated carbocycles. The van der Waals surface area contributed by atoms with E-state index < -0.39 is 0 Å². The molecule has 0 spiro atoms. The number of fused-ring (bicyclic) bond motifs is 2. The van der Waals surface area contributed by atoms with Crippen molar-refractivity contribution in [2.45, 2.75) is 93.4 Å². The average Bonchev–Trinajstić information content (AvgIpc) is 3.10. The Hall–Kier alpha value is 0. The van der Waals surface area contributed by atoms with Crippen LogP contribution >= 0.6 is 0 Å². The smallest absolute Gasteiger partial charge is 0.0212 e. The quantitative estimate of drug-likeness (QED) is 0.499. The highest BCUT2D eigenvalue weighted by Crippen LogP contribution is 2.82. The maximum atomic E-state index is 2.40. The van der Waals surface area contributed by atoms with Crippen molar-refractivity contribution in [1.82, 2.24) is 0 Å². The predicted octanol–water partition coefficient (Wildman–Crippen LogP) is 7.43. The van der Waals surface area contributed by atoms with Crippen LogP contribution in [0.1, 0.15) is 93.4 Å². The molecule has 0 amide bonds. The molecule has 0 aliphatic heterocycles. The zero-order valence-corrected chi connectivity index (χ0v) is 18.1. The lowest BCUT2D eigenvalue weighted by Gasteiger charge is -2.64. The molecule has 5 unspecified atom stereocenters. The molecular weight excluding hydrogens is 300 g/mol. The molecule has 8 rings (SSSR count). The van der Waals surface area contributed by atoms with E-state index in [0.29, 0.717) is 0 Å². The molecule has 4 bridgehead atoms. The maximum absolute atomic E-state index is 2.40. The first-order valence-corrected chi connectivity index (χ1v) is 11.7. The fourth-order valence-corrected chi connectivity index (χ4v) is 7.75. The second-order valence-electron chi connectivity index (χ2n) is 12.0. The van der Waals surface area contributed by atoms with E-state index in [2.05, 4.69) is 48.5 Å². The number of hydrogen-bond acceptors (Lipinski definition) is 0. The van der Waals surface area contributed by atoms with Crippen molar-refractivity contribution in [1.29, 1.82) is 0 Å². The van der Waals surface area contributed by atoms with E-state index in [1.165, 1.54) is 0 Å². The summed E-state index contributed by atoms with van der Waals surface area (Å²) in [5.74, 6) is 9.73. The van der Waals surface area contributed by atoms with Crippen LogP contribution in [0.15, 0.2) is 0 Å². The van der Waals surface area contributed by atoms with Crippen LogP contribution in [0.25, 0.3) is 0 Å². The minimum atomic E-state index is 0.866. The molecule has 0 saturated heterocycles. The molecule has 25 heavy (non-hydrogen) atoms. The number of rotatable bonds is 3. The van der Waals surface area contributed by atoms with E-state index in [0.717, 1.165) is 64.1 Å². The van der Waals surface area contributed by atoms with E-state index in [-0.39, 0.29) is 0 Å². The van der Waals surface area contributed by atoms with Crippen molar-refractivity contribution < 1.29 is 0 Å². The van der Waals surface area contributed by atoms with Gasteiger partial charge in [0.1, 0.15) is 0 Å². The summed E-state index contributed by atoms with van der Waals surface area (Å²) in [7, 11) is 0. The molecule has 0 radical (unpaired) electrons. The van der Waals surface area contributed by atoms with Gasteiger partial charge in [0.2, 0.25) is 0 Å². The number of hydrogen-bond donors (Lipinski definition) is 0. The van der Waals surface area contributed by atoms with Crippen LogP contribution in [-0.2, 0) is 0 Å². The summed E-state index contributed by atoms with van der Waals surface area (Å²) < 4.78 is 0. The first-order chi connectivity index (χ1) is 11.7. The van der Waals surface area contributed by atoms with Crippen molar-refractivity contribution in [2.75, 3.05) is 0 Å². The van der Waals surface area contributed by atoms with Crippen molar-refractivity contribution in [3.8, 4) is 0 Å². The molecule has 0 aromatic carbocycles. The molecule has 0 nitrogen and oxygen atoms in total. The monoisotopic (exact) mass is 344 g/mol. The van der Waals surface area contributed by atoms with Crippen molar-refractivity contribution in [2.24, 2.45) is 64.1 Å². The Morgan fingerprint density at radius 1 is 0.760 bits per heavy atom. The van der Waals surface area contributed by atoms with Crippen molar-refractivity contribution >= 4 is 0 Å². The summed E-state index contributed by atoms with van der Waals surface area (Å²) >= 11 is 0. The molecule has 0 heterocycles. The molecule has 0 N–H and O–H groups in total. The topological polar surface area (TPSA) is 0 Å². The summed E-state index contributed by atoms with van der Waals surface area (Å²) in [5, 5.41) is 0. The first kappa shape index (κ1) is 18.4. The van der Waals surface area contributed by atoms with Crippen LogP contribution in [0.5, 0.6) is 0 Å². The van der Waals surface area contributed by atoms with Crippen LogP contribution in [0.4, 0.5) is 0 Å². The van der Waals surface area contributed by atoms with E-state index in [9.17, 15) is 0 Å². The largest absolute Gasteiger partial charge is 0.0625 e. The Kier molecular flexibility index (Phi) is 4.41. The summed E-state index contributed by atoms with van der Waals surface area (Å²) in [6.45, 7) is 16.6. The Morgan fingerprint density at radius 3 is 1.36 bits per heavy atom. The van der Waals surface area contributed by atoms with E-state index in [1.54, 1.807) is 44.9 Å². The summed E-state index contributed by atoms with van der Waals surface area (Å²) in [4.78, 5) is 0. The average molecular weight is 345 g/mol. The van der Waals surface area contributed by atoms with Crippen molar-refractivity contribution in [3.05, 3.63) is 0 Å². The molecule has 0 heteroatoms. The van der Waals surface area contributed by atoms with Gasteiger partial charge in [-0.25, -0.2) is 0 Å². The van der Waals surface area contributed by atoms with Gasteiger partial charge < -0.3 is 0 Å². The molecule has 0 aromatic heterocycles. The lowest BCUT2D eigenvalue weighted by molar-refractivity contribution is -0.141. The molecule has 5 atom stereocenters. The normalized spacial score (nSPS) is 52.1. The van der Waals surface area contributed by atoms with Gasteiger partial charge in [-0.15, -0.1) is 0 Å². The lowest BCUT2D eigenvalue weighted by Crippen LogP contribution is -2.54. The minimum Gasteiger partial charge on any atom is -0.0625 e. The molecule has 144 valence electrons. The van der Waals surface area contributed by atoms with Gasteiger partial charge in [0.05, 0.1) is 0 Å². The Balaban J connectivity index is 0.0000000943. The third-order valence-corrected chi connectivity index (χ3v) is 10.2. The van der Waals surface area contributed by atoms with E-state index in [4.69, 9.17) is 0 Å². The lowest BCUT2D eigenvalue weighted by atomic mass is 9.41. The highest BCUT2D eigenvalue weighted by Gasteiger charge is 2.76. The summed E-state index contributed by atoms with van der Waals surface area (Å²) in [6.07, 6.45) is 10.9. The highest BCUT2D eigenvalue weighted by molar-refractivity contribution is 5.24. The van der Waals surface area contributed by atoms with Gasteiger partial charge in [0, 0.05) is 0 Å². The van der Waals surface area contributed by atoms with Gasteiger partial charge in [-0.2, -0.15) is 0 Å². The minimum absolute atomic E-state index is 0.866. The Bertz CT molecular complexity index is 457. The Morgan fingerprint density at radius 2 is 1.28 bits per heavy atom. The van der Waals surface area contributed by atoms with Gasteiger partial charge in [-0.1, -0.05) is 48.5 Å². The molecule has 8 fully saturated rings. The van der Waals surface area contributed by atoms with Gasteiger partial charge in [0.25, 0.3) is 0 Å². The second kappa shape index (κ2) is 6.00. The molecule has 8 aliphatic carbocycles. The highest BCUT2D eigenvalue weighted by atomic mass is 14.8. The van der Waals surface area contributed by atoms with Gasteiger partial charge in [-0.3, -0.25) is 0 Å². The van der Waals surface area contributed by atoms with Gasteiger partial charge in [-0.05, 0) is 109 Å².